The van der Waals surface area contributed by atoms with E-state index in [4.69, 9.17) is 18.9 Å². The molecule has 2 aromatic rings. The van der Waals surface area contributed by atoms with Crippen LogP contribution in [0.2, 0.25) is 0 Å². The van der Waals surface area contributed by atoms with Crippen molar-refractivity contribution in [1.29, 1.82) is 0 Å². The summed E-state index contributed by atoms with van der Waals surface area (Å²) in [5, 5.41) is 0.242. The molecule has 7 heteroatoms. The lowest BCUT2D eigenvalue weighted by molar-refractivity contribution is 0.0520. The number of hydrogen-bond acceptors (Lipinski definition) is 6. The summed E-state index contributed by atoms with van der Waals surface area (Å²) in [6.07, 6.45) is 0. The fourth-order valence-corrected chi connectivity index (χ4v) is 2.18. The highest BCUT2D eigenvalue weighted by molar-refractivity contribution is 5.96. The van der Waals surface area contributed by atoms with Gasteiger partial charge in [-0.15, -0.1) is 0 Å². The summed E-state index contributed by atoms with van der Waals surface area (Å²) < 4.78 is 20.6. The van der Waals surface area contributed by atoms with Gasteiger partial charge < -0.3 is 23.9 Å². The number of fused-ring (bicyclic) bond motifs is 1. The molecule has 118 valence electrons. The number of aromatic amines is 1. The Morgan fingerprint density at radius 3 is 2.32 bits per heavy atom. The molecule has 1 N–H and O–H groups in total. The van der Waals surface area contributed by atoms with E-state index in [1.807, 2.05) is 0 Å². The maximum absolute atomic E-state index is 12.4. The number of esters is 1. The molecule has 1 heterocycles. The van der Waals surface area contributed by atoms with E-state index in [0.717, 1.165) is 0 Å². The summed E-state index contributed by atoms with van der Waals surface area (Å²) in [4.78, 5) is 27.1. The van der Waals surface area contributed by atoms with Gasteiger partial charge in [-0.2, -0.15) is 0 Å². The maximum atomic E-state index is 12.4. The fourth-order valence-electron chi connectivity index (χ4n) is 2.18. The average molecular weight is 307 g/mol. The lowest BCUT2D eigenvalue weighted by atomic mass is 10.1. The molecule has 0 radical (unpaired) electrons. The Hall–Kier alpha value is -2.70. The van der Waals surface area contributed by atoms with Crippen LogP contribution in [-0.4, -0.2) is 38.9 Å². The highest BCUT2D eigenvalue weighted by Gasteiger charge is 2.20. The smallest absolute Gasteiger partial charge is 0.354 e. The van der Waals surface area contributed by atoms with Crippen LogP contribution in [0.25, 0.3) is 10.9 Å². The Labute approximate surface area is 126 Å². The first kappa shape index (κ1) is 15.7. The Kier molecular flexibility index (Phi) is 4.55. The third-order valence-corrected chi connectivity index (χ3v) is 3.13. The third-order valence-electron chi connectivity index (χ3n) is 3.13. The second-order valence-electron chi connectivity index (χ2n) is 4.33. The molecule has 0 aliphatic carbocycles. The van der Waals surface area contributed by atoms with Crippen LogP contribution in [0.1, 0.15) is 17.4 Å². The first-order chi connectivity index (χ1) is 10.6. The van der Waals surface area contributed by atoms with Crippen LogP contribution in [0.15, 0.2) is 16.9 Å². The van der Waals surface area contributed by atoms with Crippen molar-refractivity contribution in [3.63, 3.8) is 0 Å². The predicted molar refractivity (Wildman–Crippen MR) is 80.2 cm³/mol. The molecule has 0 saturated carbocycles. The van der Waals surface area contributed by atoms with E-state index in [1.165, 1.54) is 27.4 Å². The SMILES string of the molecule is CCOC(=O)c1cc(=O)c2c(OC)c(OC)cc(OC)c2[nH]1. The van der Waals surface area contributed by atoms with E-state index in [-0.39, 0.29) is 23.4 Å². The van der Waals surface area contributed by atoms with E-state index < -0.39 is 11.4 Å². The zero-order chi connectivity index (χ0) is 16.3. The predicted octanol–water partition coefficient (Wildman–Crippen LogP) is 1.73. The summed E-state index contributed by atoms with van der Waals surface area (Å²) in [6, 6.07) is 2.74. The van der Waals surface area contributed by atoms with E-state index in [9.17, 15) is 9.59 Å². The van der Waals surface area contributed by atoms with Crippen molar-refractivity contribution in [2.75, 3.05) is 27.9 Å². The minimum absolute atomic E-state index is 0.0462. The molecule has 0 bridgehead atoms. The zero-order valence-electron chi connectivity index (χ0n) is 12.8. The van der Waals surface area contributed by atoms with Gasteiger partial charge in [0.2, 0.25) is 0 Å². The van der Waals surface area contributed by atoms with E-state index >= 15 is 0 Å². The highest BCUT2D eigenvalue weighted by atomic mass is 16.5. The maximum Gasteiger partial charge on any atom is 0.354 e. The van der Waals surface area contributed by atoms with Crippen LogP contribution in [0.3, 0.4) is 0 Å². The Morgan fingerprint density at radius 2 is 1.77 bits per heavy atom. The molecule has 0 aliphatic heterocycles. The molecule has 2 rings (SSSR count). The lowest BCUT2D eigenvalue weighted by Gasteiger charge is -2.14. The zero-order valence-corrected chi connectivity index (χ0v) is 12.8. The minimum atomic E-state index is -0.613. The molecule has 0 spiro atoms. The molecule has 22 heavy (non-hydrogen) atoms. The quantitative estimate of drug-likeness (QED) is 0.847. The van der Waals surface area contributed by atoms with Crippen molar-refractivity contribution in [2.24, 2.45) is 0 Å². The third kappa shape index (κ3) is 2.57. The molecule has 1 aromatic carbocycles. The standard InChI is InChI=1S/C15H17NO6/c1-5-22-15(18)8-6-9(17)12-13(16-8)10(19-2)7-11(20-3)14(12)21-4/h6-7H,5H2,1-4H3,(H,16,17). The number of benzene rings is 1. The van der Waals surface area contributed by atoms with E-state index in [2.05, 4.69) is 4.98 Å². The minimum Gasteiger partial charge on any atom is -0.494 e. The normalized spacial score (nSPS) is 10.4. The number of hydrogen-bond donors (Lipinski definition) is 1. The van der Waals surface area contributed by atoms with Gasteiger partial charge in [0.15, 0.2) is 16.9 Å². The number of aromatic nitrogens is 1. The van der Waals surface area contributed by atoms with Gasteiger partial charge >= 0.3 is 5.97 Å². The van der Waals surface area contributed by atoms with Crippen LogP contribution in [-0.2, 0) is 4.74 Å². The summed E-state index contributed by atoms with van der Waals surface area (Å²) in [5.41, 5.74) is -0.00794. The number of H-pyrrole nitrogens is 1. The number of rotatable bonds is 5. The first-order valence-electron chi connectivity index (χ1n) is 6.60. The molecule has 0 fully saturated rings. The number of nitrogens with one attached hydrogen (secondary N) is 1. The van der Waals surface area contributed by atoms with Gasteiger partial charge in [0.1, 0.15) is 11.4 Å². The molecule has 0 unspecified atom stereocenters. The van der Waals surface area contributed by atoms with Gasteiger partial charge in [0, 0.05) is 12.1 Å². The second kappa shape index (κ2) is 6.38. The van der Waals surface area contributed by atoms with Crippen molar-refractivity contribution in [1.82, 2.24) is 4.98 Å². The number of ether oxygens (including phenoxy) is 4. The lowest BCUT2D eigenvalue weighted by Crippen LogP contribution is -2.14. The average Bonchev–Trinajstić information content (AvgIpc) is 2.53. The molecule has 1 aromatic heterocycles. The first-order valence-corrected chi connectivity index (χ1v) is 6.60. The molecular weight excluding hydrogens is 290 g/mol. The van der Waals surface area contributed by atoms with Gasteiger partial charge in [-0.1, -0.05) is 0 Å². The summed E-state index contributed by atoms with van der Waals surface area (Å²) in [6.45, 7) is 1.90. The summed E-state index contributed by atoms with van der Waals surface area (Å²) in [5.74, 6) is 0.380. The van der Waals surface area contributed by atoms with Gasteiger partial charge in [0.05, 0.1) is 38.8 Å². The molecule has 0 saturated heterocycles. The second-order valence-corrected chi connectivity index (χ2v) is 4.33. The molecule has 0 amide bonds. The number of carbonyl (C=O) groups excluding carboxylic acids is 1. The van der Waals surface area contributed by atoms with Gasteiger partial charge in [-0.3, -0.25) is 4.79 Å². The van der Waals surface area contributed by atoms with Crippen molar-refractivity contribution < 1.29 is 23.7 Å². The Morgan fingerprint density at radius 1 is 1.09 bits per heavy atom. The molecule has 0 aliphatic rings. The summed E-state index contributed by atoms with van der Waals surface area (Å²) >= 11 is 0. The summed E-state index contributed by atoms with van der Waals surface area (Å²) in [7, 11) is 4.35. The van der Waals surface area contributed by atoms with Crippen LogP contribution in [0, 0.1) is 0 Å². The van der Waals surface area contributed by atoms with Crippen molar-refractivity contribution in [2.45, 2.75) is 6.92 Å². The number of pyridine rings is 1. The van der Waals surface area contributed by atoms with Gasteiger partial charge in [0.25, 0.3) is 0 Å². The molecular formula is C15H17NO6. The topological polar surface area (TPSA) is 86.9 Å². The van der Waals surface area contributed by atoms with Crippen LogP contribution < -0.4 is 19.6 Å². The Balaban J connectivity index is 2.83. The van der Waals surface area contributed by atoms with Crippen LogP contribution in [0.5, 0.6) is 17.2 Å². The van der Waals surface area contributed by atoms with Gasteiger partial charge in [-0.25, -0.2) is 4.79 Å². The number of methoxy groups -OCH3 is 3. The molecule has 0 atom stereocenters. The van der Waals surface area contributed by atoms with Crippen molar-refractivity contribution >= 4 is 16.9 Å². The largest absolute Gasteiger partial charge is 0.494 e. The van der Waals surface area contributed by atoms with Crippen molar-refractivity contribution in [3.8, 4) is 17.2 Å². The van der Waals surface area contributed by atoms with Crippen LogP contribution in [0.4, 0.5) is 0 Å². The van der Waals surface area contributed by atoms with E-state index in [0.29, 0.717) is 17.0 Å². The number of carbonyl (C=O) groups is 1. The van der Waals surface area contributed by atoms with Crippen LogP contribution >= 0.6 is 0 Å². The van der Waals surface area contributed by atoms with Gasteiger partial charge in [-0.05, 0) is 6.92 Å². The highest BCUT2D eigenvalue weighted by Crippen LogP contribution is 2.38. The Bertz CT molecular complexity index is 765. The monoisotopic (exact) mass is 307 g/mol. The van der Waals surface area contributed by atoms with E-state index in [1.54, 1.807) is 13.0 Å². The van der Waals surface area contributed by atoms with Crippen molar-refractivity contribution in [3.05, 3.63) is 28.0 Å². The fraction of sp³-hybridized carbons (Fsp3) is 0.333. The molecule has 7 nitrogen and oxygen atoms in total.